The molecule has 0 spiro atoms. The smallest absolute Gasteiger partial charge is 0.295 e. The maximum atomic E-state index is 12.9. The van der Waals surface area contributed by atoms with Gasteiger partial charge in [0.2, 0.25) is 0 Å². The van der Waals surface area contributed by atoms with Crippen LogP contribution in [0.3, 0.4) is 0 Å². The first kappa shape index (κ1) is 19.2. The number of benzene rings is 2. The maximum Gasteiger partial charge on any atom is 0.295 e. The molecular formula is C23H23NO5. The maximum absolute atomic E-state index is 12.9. The van der Waals surface area contributed by atoms with Crippen molar-refractivity contribution in [2.45, 2.75) is 31.9 Å². The first-order chi connectivity index (χ1) is 14.0. The molecule has 1 amide bonds. The Kier molecular flexibility index (Phi) is 5.11. The van der Waals surface area contributed by atoms with Gasteiger partial charge in [0.1, 0.15) is 11.5 Å². The highest BCUT2D eigenvalue weighted by molar-refractivity contribution is 6.46. The van der Waals surface area contributed by atoms with Crippen LogP contribution in [-0.4, -0.2) is 46.1 Å². The molecule has 2 aliphatic heterocycles. The highest BCUT2D eigenvalue weighted by atomic mass is 16.5. The van der Waals surface area contributed by atoms with Gasteiger partial charge in [0.25, 0.3) is 11.7 Å². The minimum Gasteiger partial charge on any atom is -0.508 e. The van der Waals surface area contributed by atoms with Crippen molar-refractivity contribution in [3.8, 4) is 5.75 Å². The molecule has 2 heterocycles. The fourth-order valence-corrected chi connectivity index (χ4v) is 3.95. The van der Waals surface area contributed by atoms with Crippen LogP contribution in [0.2, 0.25) is 0 Å². The number of Topliss-reactive ketones (excluding diaryl/α,β-unsaturated/α-hetero) is 1. The zero-order chi connectivity index (χ0) is 20.5. The van der Waals surface area contributed by atoms with E-state index < -0.39 is 17.7 Å². The third-order valence-electron chi connectivity index (χ3n) is 5.50. The summed E-state index contributed by atoms with van der Waals surface area (Å²) in [5, 5.41) is 20.6. The van der Waals surface area contributed by atoms with Crippen molar-refractivity contribution in [2.75, 3.05) is 13.2 Å². The molecule has 0 bridgehead atoms. The van der Waals surface area contributed by atoms with Gasteiger partial charge in [-0.1, -0.05) is 42.0 Å². The van der Waals surface area contributed by atoms with Gasteiger partial charge in [0, 0.05) is 18.7 Å². The molecule has 2 fully saturated rings. The lowest BCUT2D eigenvalue weighted by atomic mass is 9.95. The van der Waals surface area contributed by atoms with Gasteiger partial charge in [-0.05, 0) is 37.5 Å². The van der Waals surface area contributed by atoms with Crippen molar-refractivity contribution in [2.24, 2.45) is 0 Å². The van der Waals surface area contributed by atoms with E-state index in [1.807, 2.05) is 19.1 Å². The number of aliphatic hydroxyl groups excluding tert-OH is 1. The van der Waals surface area contributed by atoms with E-state index in [-0.39, 0.29) is 29.7 Å². The lowest BCUT2D eigenvalue weighted by Gasteiger charge is -2.27. The number of nitrogens with zero attached hydrogens (tertiary/aromatic N) is 1. The molecule has 29 heavy (non-hydrogen) atoms. The Morgan fingerprint density at radius 2 is 1.79 bits per heavy atom. The number of hydrogen-bond acceptors (Lipinski definition) is 5. The van der Waals surface area contributed by atoms with Crippen molar-refractivity contribution >= 4 is 17.4 Å². The van der Waals surface area contributed by atoms with Gasteiger partial charge < -0.3 is 19.8 Å². The average molecular weight is 393 g/mol. The van der Waals surface area contributed by atoms with Gasteiger partial charge in [-0.3, -0.25) is 9.59 Å². The molecular weight excluding hydrogens is 370 g/mol. The number of phenolic OH excluding ortho intramolecular Hbond substituents is 1. The molecule has 2 aliphatic rings. The Morgan fingerprint density at radius 3 is 2.41 bits per heavy atom. The second-order valence-corrected chi connectivity index (χ2v) is 7.54. The summed E-state index contributed by atoms with van der Waals surface area (Å²) in [6, 6.07) is 12.7. The second kappa shape index (κ2) is 7.72. The molecule has 2 atom stereocenters. The Balaban J connectivity index is 1.81. The van der Waals surface area contributed by atoms with E-state index >= 15 is 0 Å². The van der Waals surface area contributed by atoms with E-state index in [9.17, 15) is 19.8 Å². The van der Waals surface area contributed by atoms with Crippen molar-refractivity contribution < 1.29 is 24.5 Å². The Hall–Kier alpha value is -3.12. The summed E-state index contributed by atoms with van der Waals surface area (Å²) in [4.78, 5) is 27.3. The lowest BCUT2D eigenvalue weighted by molar-refractivity contribution is -0.140. The SMILES string of the molecule is Cc1ccc(C(O)=C2C(=O)C(=O)N(C[C@@H]3CCCO3)[C@@H]2c2ccc(O)cc2)cc1. The molecule has 0 unspecified atom stereocenters. The van der Waals surface area contributed by atoms with Crippen LogP contribution in [0.25, 0.3) is 5.76 Å². The molecule has 2 aromatic rings. The molecule has 0 aromatic heterocycles. The van der Waals surface area contributed by atoms with Crippen LogP contribution in [-0.2, 0) is 14.3 Å². The quantitative estimate of drug-likeness (QED) is 0.473. The number of carbonyl (C=O) groups is 2. The molecule has 4 rings (SSSR count). The monoisotopic (exact) mass is 393 g/mol. The van der Waals surface area contributed by atoms with Crippen molar-refractivity contribution in [1.82, 2.24) is 4.90 Å². The Morgan fingerprint density at radius 1 is 1.10 bits per heavy atom. The number of ether oxygens (including phenoxy) is 1. The van der Waals surface area contributed by atoms with Crippen LogP contribution in [0.5, 0.6) is 5.75 Å². The van der Waals surface area contributed by atoms with Crippen LogP contribution in [0, 0.1) is 6.92 Å². The van der Waals surface area contributed by atoms with Crippen LogP contribution in [0.1, 0.15) is 35.6 Å². The molecule has 0 saturated carbocycles. The minimum absolute atomic E-state index is 0.0579. The van der Waals surface area contributed by atoms with Gasteiger partial charge in [-0.15, -0.1) is 0 Å². The van der Waals surface area contributed by atoms with E-state index in [0.717, 1.165) is 18.4 Å². The fraction of sp³-hybridized carbons (Fsp3) is 0.304. The molecule has 2 N–H and O–H groups in total. The lowest BCUT2D eigenvalue weighted by Crippen LogP contribution is -2.36. The normalized spacial score (nSPS) is 23.7. The fourth-order valence-electron chi connectivity index (χ4n) is 3.95. The van der Waals surface area contributed by atoms with Gasteiger partial charge in [0.15, 0.2) is 0 Å². The van der Waals surface area contributed by atoms with Gasteiger partial charge in [0.05, 0.1) is 17.7 Å². The van der Waals surface area contributed by atoms with Crippen molar-refractivity contribution in [1.29, 1.82) is 0 Å². The second-order valence-electron chi connectivity index (χ2n) is 7.54. The van der Waals surface area contributed by atoms with Gasteiger partial charge in [-0.25, -0.2) is 0 Å². The standard InChI is InChI=1S/C23H23NO5/c1-14-4-6-16(7-5-14)21(26)19-20(15-8-10-17(25)11-9-15)24(23(28)22(19)27)13-18-3-2-12-29-18/h4-11,18,20,25-26H,2-3,12-13H2,1H3/t18-,20+/m0/s1. The topological polar surface area (TPSA) is 87.1 Å². The minimum atomic E-state index is -0.735. The van der Waals surface area contributed by atoms with Crippen LogP contribution in [0.15, 0.2) is 54.1 Å². The number of rotatable bonds is 4. The third-order valence-corrected chi connectivity index (χ3v) is 5.50. The number of aliphatic hydroxyl groups is 1. The average Bonchev–Trinajstić information content (AvgIpc) is 3.31. The first-order valence-corrected chi connectivity index (χ1v) is 9.71. The van der Waals surface area contributed by atoms with Crippen molar-refractivity contribution in [3.05, 3.63) is 70.8 Å². The van der Waals surface area contributed by atoms with Crippen molar-refractivity contribution in [3.63, 3.8) is 0 Å². The third kappa shape index (κ3) is 3.63. The predicted molar refractivity (Wildman–Crippen MR) is 107 cm³/mol. The molecule has 0 aliphatic carbocycles. The summed E-state index contributed by atoms with van der Waals surface area (Å²) >= 11 is 0. The summed E-state index contributed by atoms with van der Waals surface area (Å²) in [5.41, 5.74) is 2.21. The number of aryl methyl sites for hydroxylation is 1. The molecule has 6 heteroatoms. The number of carbonyl (C=O) groups excluding carboxylic acids is 2. The number of hydrogen-bond donors (Lipinski definition) is 2. The summed E-state index contributed by atoms with van der Waals surface area (Å²) in [5.74, 6) is -1.47. The zero-order valence-electron chi connectivity index (χ0n) is 16.2. The molecule has 2 aromatic carbocycles. The van der Waals surface area contributed by atoms with Crippen LogP contribution >= 0.6 is 0 Å². The largest absolute Gasteiger partial charge is 0.508 e. The zero-order valence-corrected chi connectivity index (χ0v) is 16.2. The molecule has 6 nitrogen and oxygen atoms in total. The van der Waals surface area contributed by atoms with E-state index in [4.69, 9.17) is 4.74 Å². The van der Waals surface area contributed by atoms with E-state index in [1.54, 1.807) is 24.3 Å². The molecule has 0 radical (unpaired) electrons. The molecule has 150 valence electrons. The Bertz CT molecular complexity index is 956. The van der Waals surface area contributed by atoms with E-state index in [2.05, 4.69) is 0 Å². The highest BCUT2D eigenvalue weighted by Gasteiger charge is 2.47. The number of amides is 1. The van der Waals surface area contributed by atoms with Gasteiger partial charge in [-0.2, -0.15) is 0 Å². The molecule has 2 saturated heterocycles. The summed E-state index contributed by atoms with van der Waals surface area (Å²) in [6.45, 7) is 2.85. The Labute approximate surface area is 169 Å². The number of aromatic hydroxyl groups is 1. The van der Waals surface area contributed by atoms with Crippen LogP contribution in [0.4, 0.5) is 0 Å². The van der Waals surface area contributed by atoms with Gasteiger partial charge >= 0.3 is 0 Å². The van der Waals surface area contributed by atoms with E-state index in [1.165, 1.54) is 17.0 Å². The summed E-state index contributed by atoms with van der Waals surface area (Å²) < 4.78 is 5.67. The van der Waals surface area contributed by atoms with E-state index in [0.29, 0.717) is 17.7 Å². The number of ketones is 1. The number of likely N-dealkylation sites (tertiary alicyclic amines) is 1. The highest BCUT2D eigenvalue weighted by Crippen LogP contribution is 2.40. The summed E-state index contributed by atoms with van der Waals surface area (Å²) in [7, 11) is 0. The van der Waals surface area contributed by atoms with Crippen LogP contribution < -0.4 is 0 Å². The first-order valence-electron chi connectivity index (χ1n) is 9.71. The summed E-state index contributed by atoms with van der Waals surface area (Å²) in [6.07, 6.45) is 1.61. The number of phenols is 1. The predicted octanol–water partition coefficient (Wildman–Crippen LogP) is 3.30.